The fourth-order valence-electron chi connectivity index (χ4n) is 1.96. The van der Waals surface area contributed by atoms with Gasteiger partial charge in [-0.15, -0.1) is 0 Å². The van der Waals surface area contributed by atoms with Gasteiger partial charge in [0.2, 0.25) is 0 Å². The number of methoxy groups -OCH3 is 1. The fourth-order valence-corrected chi connectivity index (χ4v) is 1.96. The molecule has 0 saturated carbocycles. The summed E-state index contributed by atoms with van der Waals surface area (Å²) in [6.45, 7) is 4.73. The van der Waals surface area contributed by atoms with Gasteiger partial charge in [-0.2, -0.15) is 5.26 Å². The van der Waals surface area contributed by atoms with E-state index in [-0.39, 0.29) is 12.6 Å². The van der Waals surface area contributed by atoms with Crippen LogP contribution in [0.5, 0.6) is 11.5 Å². The maximum atomic E-state index is 11.9. The minimum atomic E-state index is -1.15. The van der Waals surface area contributed by atoms with Crippen molar-refractivity contribution in [3.05, 3.63) is 29.8 Å². The highest BCUT2D eigenvalue weighted by atomic mass is 16.5. The highest BCUT2D eigenvalue weighted by Crippen LogP contribution is 2.28. The lowest BCUT2D eigenvalue weighted by Gasteiger charge is -2.13. The van der Waals surface area contributed by atoms with E-state index in [9.17, 15) is 14.4 Å². The number of hydrogen-bond acceptors (Lipinski definition) is 7. The van der Waals surface area contributed by atoms with Gasteiger partial charge < -0.3 is 19.5 Å². The molecule has 0 saturated heterocycles. The monoisotopic (exact) mass is 389 g/mol. The van der Waals surface area contributed by atoms with E-state index in [1.807, 2.05) is 6.07 Å². The number of nitrogens with one attached hydrogen (secondary N) is 2. The van der Waals surface area contributed by atoms with Crippen LogP contribution in [-0.2, 0) is 14.3 Å². The van der Waals surface area contributed by atoms with Crippen LogP contribution in [0.2, 0.25) is 0 Å². The number of carbonyl (C=O) groups is 3. The van der Waals surface area contributed by atoms with Gasteiger partial charge in [-0.25, -0.2) is 9.59 Å². The summed E-state index contributed by atoms with van der Waals surface area (Å²) in [6.07, 6.45) is 1.46. The second-order valence-corrected chi connectivity index (χ2v) is 5.89. The molecule has 0 aliphatic carbocycles. The van der Waals surface area contributed by atoms with Crippen molar-refractivity contribution in [2.24, 2.45) is 0 Å². The van der Waals surface area contributed by atoms with Crippen LogP contribution >= 0.6 is 0 Å². The van der Waals surface area contributed by atoms with Crippen LogP contribution in [-0.4, -0.2) is 43.8 Å². The maximum absolute atomic E-state index is 11.9. The Kier molecular flexibility index (Phi) is 9.03. The van der Waals surface area contributed by atoms with Crippen LogP contribution in [0.1, 0.15) is 26.3 Å². The fraction of sp³-hybridized carbons (Fsp3) is 0.368. The van der Waals surface area contributed by atoms with Gasteiger partial charge in [0.15, 0.2) is 24.2 Å². The predicted molar refractivity (Wildman–Crippen MR) is 101 cm³/mol. The molecule has 1 aromatic rings. The molecule has 150 valence electrons. The van der Waals surface area contributed by atoms with Gasteiger partial charge in [0.05, 0.1) is 7.11 Å². The lowest BCUT2D eigenvalue weighted by molar-refractivity contribution is -0.149. The quantitative estimate of drug-likeness (QED) is 0.512. The van der Waals surface area contributed by atoms with Crippen molar-refractivity contribution in [1.82, 2.24) is 10.6 Å². The Balaban J connectivity index is 2.64. The first-order valence-electron chi connectivity index (χ1n) is 8.44. The molecular weight excluding hydrogens is 366 g/mol. The Morgan fingerprint density at radius 3 is 2.54 bits per heavy atom. The van der Waals surface area contributed by atoms with Crippen LogP contribution in [0, 0.1) is 11.3 Å². The van der Waals surface area contributed by atoms with E-state index in [4.69, 9.17) is 19.5 Å². The van der Waals surface area contributed by atoms with Gasteiger partial charge in [0.25, 0.3) is 5.91 Å². The molecule has 9 heteroatoms. The topological polar surface area (TPSA) is 127 Å². The average molecular weight is 389 g/mol. The molecule has 9 nitrogen and oxygen atoms in total. The average Bonchev–Trinajstić information content (AvgIpc) is 2.64. The molecular formula is C19H23N3O6. The highest BCUT2D eigenvalue weighted by molar-refractivity contribution is 5.98. The van der Waals surface area contributed by atoms with Crippen molar-refractivity contribution >= 4 is 24.0 Å². The van der Waals surface area contributed by atoms with Gasteiger partial charge in [0, 0.05) is 12.1 Å². The number of nitriles is 1. The molecule has 0 spiro atoms. The SMILES string of the molecule is COc1cc(/C=C/C(=O)O[C@@H](C)C(=O)NC(=O)NC(C)C)ccc1OCC#N. The Bertz CT molecular complexity index is 782. The molecule has 1 aromatic carbocycles. The smallest absolute Gasteiger partial charge is 0.331 e. The van der Waals surface area contributed by atoms with Gasteiger partial charge in [-0.1, -0.05) is 6.07 Å². The Morgan fingerprint density at radius 1 is 1.21 bits per heavy atom. The van der Waals surface area contributed by atoms with Crippen molar-refractivity contribution in [3.8, 4) is 17.6 Å². The van der Waals surface area contributed by atoms with Crippen molar-refractivity contribution in [2.45, 2.75) is 32.9 Å². The second kappa shape index (κ2) is 11.2. The number of benzene rings is 1. The molecule has 0 aromatic heterocycles. The highest BCUT2D eigenvalue weighted by Gasteiger charge is 2.19. The molecule has 2 N–H and O–H groups in total. The molecule has 28 heavy (non-hydrogen) atoms. The molecule has 3 amide bonds. The minimum absolute atomic E-state index is 0.118. The number of amides is 3. The lowest BCUT2D eigenvalue weighted by Crippen LogP contribution is -2.46. The number of rotatable bonds is 8. The number of imide groups is 1. The van der Waals surface area contributed by atoms with Gasteiger partial charge in [0.1, 0.15) is 6.07 Å². The lowest BCUT2D eigenvalue weighted by atomic mass is 10.2. The first kappa shape index (κ1) is 22.5. The summed E-state index contributed by atoms with van der Waals surface area (Å²) >= 11 is 0. The summed E-state index contributed by atoms with van der Waals surface area (Å²) in [5, 5.41) is 13.1. The normalized spacial score (nSPS) is 11.4. The number of hydrogen-bond donors (Lipinski definition) is 2. The molecule has 1 rings (SSSR count). The number of urea groups is 1. The number of esters is 1. The zero-order valence-electron chi connectivity index (χ0n) is 16.1. The Labute approximate surface area is 163 Å². The molecule has 0 bridgehead atoms. The first-order valence-corrected chi connectivity index (χ1v) is 8.44. The van der Waals surface area contributed by atoms with Crippen molar-refractivity contribution in [1.29, 1.82) is 5.26 Å². The van der Waals surface area contributed by atoms with Crippen LogP contribution in [0.4, 0.5) is 4.79 Å². The largest absolute Gasteiger partial charge is 0.493 e. The van der Waals surface area contributed by atoms with E-state index in [0.29, 0.717) is 17.1 Å². The van der Waals surface area contributed by atoms with Crippen LogP contribution in [0.15, 0.2) is 24.3 Å². The van der Waals surface area contributed by atoms with E-state index in [1.165, 1.54) is 20.1 Å². The zero-order chi connectivity index (χ0) is 21.1. The standard InChI is InChI=1S/C19H23N3O6/c1-12(2)21-19(25)22-18(24)13(3)28-17(23)8-6-14-5-7-15(27-10-9-20)16(11-14)26-4/h5-8,11-13H,10H2,1-4H3,(H2,21,22,24,25)/b8-6+/t13-/m0/s1. The Morgan fingerprint density at radius 2 is 1.93 bits per heavy atom. The third-order valence-electron chi connectivity index (χ3n) is 3.21. The van der Waals surface area contributed by atoms with E-state index in [1.54, 1.807) is 32.0 Å². The first-order chi connectivity index (χ1) is 13.3. The summed E-state index contributed by atoms with van der Waals surface area (Å²) in [4.78, 5) is 35.2. The molecule has 1 atom stereocenters. The number of ether oxygens (including phenoxy) is 3. The molecule has 0 aliphatic rings. The number of nitrogens with zero attached hydrogens (tertiary/aromatic N) is 1. The molecule has 0 radical (unpaired) electrons. The van der Waals surface area contributed by atoms with Crippen molar-refractivity contribution in [2.75, 3.05) is 13.7 Å². The summed E-state index contributed by atoms with van der Waals surface area (Å²) in [7, 11) is 1.45. The van der Waals surface area contributed by atoms with E-state index in [2.05, 4.69) is 10.6 Å². The second-order valence-electron chi connectivity index (χ2n) is 5.89. The zero-order valence-corrected chi connectivity index (χ0v) is 16.1. The van der Waals surface area contributed by atoms with E-state index in [0.717, 1.165) is 6.08 Å². The molecule has 0 heterocycles. The van der Waals surface area contributed by atoms with Crippen LogP contribution < -0.4 is 20.1 Å². The summed E-state index contributed by atoms with van der Waals surface area (Å²) in [5.41, 5.74) is 0.617. The third-order valence-corrected chi connectivity index (χ3v) is 3.21. The number of carbonyl (C=O) groups excluding carboxylic acids is 3. The van der Waals surface area contributed by atoms with Crippen LogP contribution in [0.3, 0.4) is 0 Å². The predicted octanol–water partition coefficient (Wildman–Crippen LogP) is 1.78. The van der Waals surface area contributed by atoms with E-state index >= 15 is 0 Å². The van der Waals surface area contributed by atoms with Crippen molar-refractivity contribution in [3.63, 3.8) is 0 Å². The van der Waals surface area contributed by atoms with Gasteiger partial charge in [-0.3, -0.25) is 10.1 Å². The summed E-state index contributed by atoms with van der Waals surface area (Å²) < 4.78 is 15.4. The van der Waals surface area contributed by atoms with Gasteiger partial charge in [-0.05, 0) is 44.5 Å². The molecule has 0 unspecified atom stereocenters. The van der Waals surface area contributed by atoms with Gasteiger partial charge >= 0.3 is 12.0 Å². The van der Waals surface area contributed by atoms with E-state index < -0.39 is 24.0 Å². The molecule has 0 aliphatic heterocycles. The summed E-state index contributed by atoms with van der Waals surface area (Å²) in [5.74, 6) is -0.695. The van der Waals surface area contributed by atoms with Crippen LogP contribution in [0.25, 0.3) is 6.08 Å². The minimum Gasteiger partial charge on any atom is -0.493 e. The third kappa shape index (κ3) is 7.78. The Hall–Kier alpha value is -3.54. The maximum Gasteiger partial charge on any atom is 0.331 e. The molecule has 0 fully saturated rings. The summed E-state index contributed by atoms with van der Waals surface area (Å²) in [6, 6.07) is 5.93. The van der Waals surface area contributed by atoms with Crippen molar-refractivity contribution < 1.29 is 28.6 Å².